The number of likely N-dealkylation sites (tertiary alicyclic amines) is 1. The van der Waals surface area contributed by atoms with Gasteiger partial charge in [0.15, 0.2) is 0 Å². The molecule has 2 aliphatic rings. The van der Waals surface area contributed by atoms with E-state index in [4.69, 9.17) is 10.5 Å². The first kappa shape index (κ1) is 14.3. The molecule has 2 aliphatic heterocycles. The number of nitrogens with zero attached hydrogens (tertiary/aromatic N) is 2. The molecule has 2 amide bonds. The van der Waals surface area contributed by atoms with Crippen LogP contribution in [0.5, 0.6) is 0 Å². The highest BCUT2D eigenvalue weighted by atomic mass is 16.5. The minimum absolute atomic E-state index is 0.0526. The molecule has 2 fully saturated rings. The van der Waals surface area contributed by atoms with E-state index in [9.17, 15) is 9.59 Å². The number of amides is 2. The van der Waals surface area contributed by atoms with Gasteiger partial charge in [-0.1, -0.05) is 0 Å². The van der Waals surface area contributed by atoms with E-state index in [1.807, 2.05) is 0 Å². The summed E-state index contributed by atoms with van der Waals surface area (Å²) in [5.41, 5.74) is 5.85. The summed E-state index contributed by atoms with van der Waals surface area (Å²) in [4.78, 5) is 27.5. The Labute approximate surface area is 113 Å². The zero-order valence-electron chi connectivity index (χ0n) is 11.3. The number of carbonyl (C=O) groups is 2. The molecular weight excluding hydrogens is 246 g/mol. The van der Waals surface area contributed by atoms with Gasteiger partial charge in [-0.25, -0.2) is 0 Å². The SMILES string of the molecule is NC1CCCN(C(=O)CCC(=O)N2CCOCC2)C1. The van der Waals surface area contributed by atoms with Crippen LogP contribution in [0.1, 0.15) is 25.7 Å². The van der Waals surface area contributed by atoms with Gasteiger partial charge in [0.1, 0.15) is 0 Å². The number of rotatable bonds is 3. The van der Waals surface area contributed by atoms with Gasteiger partial charge in [-0.3, -0.25) is 9.59 Å². The second-order valence-electron chi connectivity index (χ2n) is 5.24. The van der Waals surface area contributed by atoms with Crippen LogP contribution in [0.3, 0.4) is 0 Å². The van der Waals surface area contributed by atoms with Gasteiger partial charge in [-0.2, -0.15) is 0 Å². The molecule has 1 atom stereocenters. The van der Waals surface area contributed by atoms with Crippen molar-refractivity contribution in [3.05, 3.63) is 0 Å². The maximum absolute atomic E-state index is 12.0. The lowest BCUT2D eigenvalue weighted by atomic mass is 10.1. The highest BCUT2D eigenvalue weighted by molar-refractivity contribution is 5.84. The van der Waals surface area contributed by atoms with Crippen LogP contribution < -0.4 is 5.73 Å². The van der Waals surface area contributed by atoms with Crippen molar-refractivity contribution in [3.8, 4) is 0 Å². The van der Waals surface area contributed by atoms with E-state index in [1.54, 1.807) is 9.80 Å². The Balaban J connectivity index is 1.71. The fourth-order valence-electron chi connectivity index (χ4n) is 2.58. The number of piperidine rings is 1. The van der Waals surface area contributed by atoms with Crippen molar-refractivity contribution in [2.24, 2.45) is 5.73 Å². The molecule has 6 nitrogen and oxygen atoms in total. The fraction of sp³-hybridized carbons (Fsp3) is 0.846. The van der Waals surface area contributed by atoms with Gasteiger partial charge >= 0.3 is 0 Å². The van der Waals surface area contributed by atoms with Crippen LogP contribution in [0.25, 0.3) is 0 Å². The van der Waals surface area contributed by atoms with Crippen LogP contribution in [0.2, 0.25) is 0 Å². The van der Waals surface area contributed by atoms with Gasteiger partial charge in [-0.05, 0) is 12.8 Å². The topological polar surface area (TPSA) is 75.9 Å². The average molecular weight is 269 g/mol. The van der Waals surface area contributed by atoms with E-state index in [0.29, 0.717) is 45.7 Å². The maximum Gasteiger partial charge on any atom is 0.223 e. The Morgan fingerprint density at radius 3 is 2.32 bits per heavy atom. The van der Waals surface area contributed by atoms with Crippen LogP contribution in [0.4, 0.5) is 0 Å². The zero-order chi connectivity index (χ0) is 13.7. The van der Waals surface area contributed by atoms with Gasteiger partial charge in [0.2, 0.25) is 11.8 Å². The molecule has 6 heteroatoms. The molecule has 0 spiro atoms. The predicted octanol–water partition coefficient (Wildman–Crippen LogP) is -0.425. The quantitative estimate of drug-likeness (QED) is 0.754. The minimum atomic E-state index is 0.0526. The Hall–Kier alpha value is -1.14. The lowest BCUT2D eigenvalue weighted by Gasteiger charge is -2.31. The van der Waals surface area contributed by atoms with Crippen LogP contribution in [0, 0.1) is 0 Å². The molecule has 0 aromatic carbocycles. The van der Waals surface area contributed by atoms with Gasteiger partial charge in [0.25, 0.3) is 0 Å². The van der Waals surface area contributed by atoms with Crippen LogP contribution >= 0.6 is 0 Å². The largest absolute Gasteiger partial charge is 0.378 e. The van der Waals surface area contributed by atoms with Gasteiger partial charge in [0.05, 0.1) is 13.2 Å². The Bertz CT molecular complexity index is 329. The Morgan fingerprint density at radius 2 is 1.68 bits per heavy atom. The van der Waals surface area contributed by atoms with Crippen molar-refractivity contribution >= 4 is 11.8 Å². The van der Waals surface area contributed by atoms with Crippen molar-refractivity contribution in [3.63, 3.8) is 0 Å². The smallest absolute Gasteiger partial charge is 0.223 e. The highest BCUT2D eigenvalue weighted by Crippen LogP contribution is 2.11. The van der Waals surface area contributed by atoms with Gasteiger partial charge in [0, 0.05) is 45.1 Å². The molecule has 2 saturated heterocycles. The summed E-state index contributed by atoms with van der Waals surface area (Å²) >= 11 is 0. The number of hydrogen-bond acceptors (Lipinski definition) is 4. The number of carbonyl (C=O) groups excluding carboxylic acids is 2. The summed E-state index contributed by atoms with van der Waals surface area (Å²) < 4.78 is 5.20. The van der Waals surface area contributed by atoms with Crippen molar-refractivity contribution in [2.75, 3.05) is 39.4 Å². The molecule has 19 heavy (non-hydrogen) atoms. The molecule has 2 rings (SSSR count). The third kappa shape index (κ3) is 4.18. The molecular formula is C13H23N3O3. The van der Waals surface area contributed by atoms with E-state index in [1.165, 1.54) is 0 Å². The van der Waals surface area contributed by atoms with Gasteiger partial charge in [-0.15, -0.1) is 0 Å². The number of ether oxygens (including phenoxy) is 1. The molecule has 0 aromatic heterocycles. The number of hydrogen-bond donors (Lipinski definition) is 1. The molecule has 2 N–H and O–H groups in total. The van der Waals surface area contributed by atoms with Crippen molar-refractivity contribution < 1.29 is 14.3 Å². The van der Waals surface area contributed by atoms with E-state index in [-0.39, 0.29) is 17.9 Å². The van der Waals surface area contributed by atoms with E-state index >= 15 is 0 Å². The molecule has 0 aliphatic carbocycles. The molecule has 0 saturated carbocycles. The second-order valence-corrected chi connectivity index (χ2v) is 5.24. The third-order valence-electron chi connectivity index (χ3n) is 3.73. The normalized spacial score (nSPS) is 24.4. The van der Waals surface area contributed by atoms with Crippen molar-refractivity contribution in [1.82, 2.24) is 9.80 Å². The van der Waals surface area contributed by atoms with E-state index in [0.717, 1.165) is 19.4 Å². The second kappa shape index (κ2) is 6.86. The van der Waals surface area contributed by atoms with Crippen LogP contribution in [-0.4, -0.2) is 67.0 Å². The van der Waals surface area contributed by atoms with Crippen LogP contribution in [0.15, 0.2) is 0 Å². The van der Waals surface area contributed by atoms with E-state index < -0.39 is 0 Å². The summed E-state index contributed by atoms with van der Waals surface area (Å²) in [6.45, 7) is 3.88. The lowest BCUT2D eigenvalue weighted by molar-refractivity contribution is -0.139. The predicted molar refractivity (Wildman–Crippen MR) is 70.4 cm³/mol. The summed E-state index contributed by atoms with van der Waals surface area (Å²) in [7, 11) is 0. The standard InChI is InChI=1S/C13H23N3O3/c14-11-2-1-5-16(10-11)13(18)4-3-12(17)15-6-8-19-9-7-15/h11H,1-10,14H2. The van der Waals surface area contributed by atoms with E-state index in [2.05, 4.69) is 0 Å². The third-order valence-corrected chi connectivity index (χ3v) is 3.73. The highest BCUT2D eigenvalue weighted by Gasteiger charge is 2.23. The summed E-state index contributed by atoms with van der Waals surface area (Å²) in [5.74, 6) is 0.106. The molecule has 2 heterocycles. The molecule has 0 aromatic rings. The average Bonchev–Trinajstić information content (AvgIpc) is 2.45. The first-order chi connectivity index (χ1) is 9.16. The molecule has 0 bridgehead atoms. The summed E-state index contributed by atoms with van der Waals surface area (Å²) in [6, 6.07) is 0.0904. The van der Waals surface area contributed by atoms with Crippen molar-refractivity contribution in [2.45, 2.75) is 31.7 Å². The molecule has 1 unspecified atom stereocenters. The monoisotopic (exact) mass is 269 g/mol. The number of morpholine rings is 1. The van der Waals surface area contributed by atoms with Crippen LogP contribution in [-0.2, 0) is 14.3 Å². The summed E-state index contributed by atoms with van der Waals surface area (Å²) in [5, 5.41) is 0. The van der Waals surface area contributed by atoms with Crippen molar-refractivity contribution in [1.29, 1.82) is 0 Å². The number of nitrogens with two attached hydrogens (primary N) is 1. The molecule has 108 valence electrons. The minimum Gasteiger partial charge on any atom is -0.378 e. The Kier molecular flexibility index (Phi) is 5.15. The Morgan fingerprint density at radius 1 is 1.05 bits per heavy atom. The summed E-state index contributed by atoms with van der Waals surface area (Å²) in [6.07, 6.45) is 2.54. The zero-order valence-corrected chi connectivity index (χ0v) is 11.3. The molecule has 0 radical (unpaired) electrons. The fourth-order valence-corrected chi connectivity index (χ4v) is 2.58. The van der Waals surface area contributed by atoms with Gasteiger partial charge < -0.3 is 20.3 Å². The first-order valence-corrected chi connectivity index (χ1v) is 7.05. The lowest BCUT2D eigenvalue weighted by Crippen LogP contribution is -2.46. The maximum atomic E-state index is 12.0. The first-order valence-electron chi connectivity index (χ1n) is 7.05.